The highest BCUT2D eigenvalue weighted by Crippen LogP contribution is 2.26. The van der Waals surface area contributed by atoms with Crippen LogP contribution in [0.15, 0.2) is 53.4 Å². The lowest BCUT2D eigenvalue weighted by molar-refractivity contribution is -0.120. The second-order valence-electron chi connectivity index (χ2n) is 7.15. The second kappa shape index (κ2) is 9.27. The molecular formula is C21H25N3O5S. The Morgan fingerprint density at radius 1 is 1.07 bits per heavy atom. The van der Waals surface area contributed by atoms with Crippen LogP contribution in [-0.4, -0.2) is 44.9 Å². The van der Waals surface area contributed by atoms with Gasteiger partial charge in [-0.3, -0.25) is 10.1 Å². The molecule has 30 heavy (non-hydrogen) atoms. The summed E-state index contributed by atoms with van der Waals surface area (Å²) in [5.74, 6) is -0.602. The van der Waals surface area contributed by atoms with Crippen LogP contribution in [0.5, 0.6) is 0 Å². The number of rotatable bonds is 5. The molecule has 1 unspecified atom stereocenters. The lowest BCUT2D eigenvalue weighted by Gasteiger charge is -2.31. The van der Waals surface area contributed by atoms with Crippen molar-refractivity contribution in [3.63, 3.8) is 0 Å². The number of methoxy groups -OCH3 is 1. The van der Waals surface area contributed by atoms with Gasteiger partial charge in [-0.2, -0.15) is 4.31 Å². The molecule has 0 aliphatic carbocycles. The first-order valence-electron chi connectivity index (χ1n) is 9.63. The number of nitrogens with one attached hydrogen (secondary N) is 2. The lowest BCUT2D eigenvalue weighted by Crippen LogP contribution is -2.43. The van der Waals surface area contributed by atoms with Gasteiger partial charge in [0.05, 0.1) is 17.9 Å². The Kier molecular flexibility index (Phi) is 6.73. The minimum atomic E-state index is -3.75. The summed E-state index contributed by atoms with van der Waals surface area (Å²) >= 11 is 0. The van der Waals surface area contributed by atoms with E-state index in [1.54, 1.807) is 0 Å². The molecule has 0 spiro atoms. The first kappa shape index (κ1) is 21.8. The van der Waals surface area contributed by atoms with Gasteiger partial charge in [-0.25, -0.2) is 13.2 Å². The van der Waals surface area contributed by atoms with E-state index in [9.17, 15) is 18.0 Å². The van der Waals surface area contributed by atoms with Crippen LogP contribution in [-0.2, 0) is 19.6 Å². The maximum absolute atomic E-state index is 13.0. The van der Waals surface area contributed by atoms with E-state index in [1.807, 2.05) is 31.2 Å². The number of benzene rings is 2. The molecular weight excluding hydrogens is 406 g/mol. The maximum Gasteiger partial charge on any atom is 0.411 e. The monoisotopic (exact) mass is 431 g/mol. The highest BCUT2D eigenvalue weighted by molar-refractivity contribution is 7.89. The van der Waals surface area contributed by atoms with Gasteiger partial charge in [0, 0.05) is 24.5 Å². The van der Waals surface area contributed by atoms with E-state index in [1.165, 1.54) is 35.7 Å². The number of para-hydroxylation sites is 1. The summed E-state index contributed by atoms with van der Waals surface area (Å²) in [7, 11) is -2.50. The molecule has 2 aromatic carbocycles. The molecule has 1 aliphatic rings. The molecule has 0 saturated carbocycles. The number of ether oxygens (including phenoxy) is 1. The normalized spacial score (nSPS) is 17.2. The minimum absolute atomic E-state index is 0.109. The van der Waals surface area contributed by atoms with Gasteiger partial charge in [-0.1, -0.05) is 18.2 Å². The number of anilines is 2. The summed E-state index contributed by atoms with van der Waals surface area (Å²) in [6, 6.07) is 13.3. The Morgan fingerprint density at radius 3 is 2.43 bits per heavy atom. The Balaban J connectivity index is 1.70. The molecule has 1 atom stereocenters. The Morgan fingerprint density at radius 2 is 1.77 bits per heavy atom. The van der Waals surface area contributed by atoms with Crippen molar-refractivity contribution in [3.05, 3.63) is 54.1 Å². The van der Waals surface area contributed by atoms with Crippen LogP contribution in [0.4, 0.5) is 16.2 Å². The van der Waals surface area contributed by atoms with Crippen molar-refractivity contribution in [1.82, 2.24) is 4.31 Å². The fraction of sp³-hybridized carbons (Fsp3) is 0.333. The predicted molar refractivity (Wildman–Crippen MR) is 114 cm³/mol. The van der Waals surface area contributed by atoms with Crippen molar-refractivity contribution in [3.8, 4) is 0 Å². The van der Waals surface area contributed by atoms with Crippen molar-refractivity contribution >= 4 is 33.4 Å². The van der Waals surface area contributed by atoms with E-state index >= 15 is 0 Å². The number of hydrogen-bond donors (Lipinski definition) is 2. The molecule has 1 saturated heterocycles. The number of carbonyl (C=O) groups excluding carboxylic acids is 2. The standard InChI is InChI=1S/C21H25N3O5S/c1-15-6-3-4-8-19(15)23-20(25)16-7-5-13-24(14-16)30(27,28)18-11-9-17(10-12-18)22-21(26)29-2/h3-4,6,8-12,16H,5,7,13-14H2,1-2H3,(H,22,26)(H,23,25). The van der Waals surface area contributed by atoms with Crippen LogP contribution in [0.2, 0.25) is 0 Å². The summed E-state index contributed by atoms with van der Waals surface area (Å²) < 4.78 is 31.9. The molecule has 0 aromatic heterocycles. The van der Waals surface area contributed by atoms with Crippen molar-refractivity contribution in [1.29, 1.82) is 0 Å². The largest absolute Gasteiger partial charge is 0.453 e. The van der Waals surface area contributed by atoms with Crippen LogP contribution < -0.4 is 10.6 Å². The van der Waals surface area contributed by atoms with E-state index in [0.29, 0.717) is 25.1 Å². The summed E-state index contributed by atoms with van der Waals surface area (Å²) in [5.41, 5.74) is 2.11. The average Bonchev–Trinajstić information content (AvgIpc) is 2.75. The first-order valence-corrected chi connectivity index (χ1v) is 11.1. The molecule has 160 valence electrons. The lowest BCUT2D eigenvalue weighted by atomic mass is 9.98. The van der Waals surface area contributed by atoms with Crippen molar-refractivity contribution in [2.45, 2.75) is 24.7 Å². The number of carbonyl (C=O) groups is 2. The summed E-state index contributed by atoms with van der Waals surface area (Å²) in [6.45, 7) is 2.40. The third kappa shape index (κ3) is 4.98. The quantitative estimate of drug-likeness (QED) is 0.756. The van der Waals surface area contributed by atoms with Crippen LogP contribution >= 0.6 is 0 Å². The number of nitrogens with zero attached hydrogens (tertiary/aromatic N) is 1. The van der Waals surface area contributed by atoms with Crippen molar-refractivity contribution in [2.75, 3.05) is 30.8 Å². The number of aryl methyl sites for hydroxylation is 1. The molecule has 2 N–H and O–H groups in total. The maximum atomic E-state index is 13.0. The molecule has 1 aliphatic heterocycles. The number of piperidine rings is 1. The minimum Gasteiger partial charge on any atom is -0.453 e. The van der Waals surface area contributed by atoms with Crippen LogP contribution in [0.1, 0.15) is 18.4 Å². The number of sulfonamides is 1. The van der Waals surface area contributed by atoms with Gasteiger partial charge >= 0.3 is 6.09 Å². The fourth-order valence-electron chi connectivity index (χ4n) is 3.35. The molecule has 1 heterocycles. The van der Waals surface area contributed by atoms with E-state index in [0.717, 1.165) is 11.3 Å². The average molecular weight is 432 g/mol. The Hall–Kier alpha value is -2.91. The summed E-state index contributed by atoms with van der Waals surface area (Å²) in [5, 5.41) is 5.39. The second-order valence-corrected chi connectivity index (χ2v) is 9.09. The van der Waals surface area contributed by atoms with Gasteiger partial charge in [0.1, 0.15) is 0 Å². The van der Waals surface area contributed by atoms with E-state index in [2.05, 4.69) is 15.4 Å². The third-order valence-corrected chi connectivity index (χ3v) is 6.96. The highest BCUT2D eigenvalue weighted by atomic mass is 32.2. The van der Waals surface area contributed by atoms with Crippen LogP contribution in [0, 0.1) is 12.8 Å². The van der Waals surface area contributed by atoms with Gasteiger partial charge in [0.2, 0.25) is 15.9 Å². The van der Waals surface area contributed by atoms with Crippen molar-refractivity contribution in [2.24, 2.45) is 5.92 Å². The van der Waals surface area contributed by atoms with Gasteiger partial charge in [-0.05, 0) is 55.7 Å². The molecule has 2 amide bonds. The number of amides is 2. The van der Waals surface area contributed by atoms with Gasteiger partial charge in [-0.15, -0.1) is 0 Å². The predicted octanol–water partition coefficient (Wildman–Crippen LogP) is 3.21. The summed E-state index contributed by atoms with van der Waals surface area (Å²) in [4.78, 5) is 24.1. The first-order chi connectivity index (χ1) is 14.3. The molecule has 0 bridgehead atoms. The zero-order valence-corrected chi connectivity index (χ0v) is 17.7. The van der Waals surface area contributed by atoms with Gasteiger partial charge in [0.25, 0.3) is 0 Å². The molecule has 2 aromatic rings. The molecule has 3 rings (SSSR count). The highest BCUT2D eigenvalue weighted by Gasteiger charge is 2.33. The van der Waals surface area contributed by atoms with Gasteiger partial charge < -0.3 is 10.1 Å². The van der Waals surface area contributed by atoms with E-state index in [4.69, 9.17) is 0 Å². The molecule has 0 radical (unpaired) electrons. The van der Waals surface area contributed by atoms with E-state index in [-0.39, 0.29) is 17.3 Å². The smallest absolute Gasteiger partial charge is 0.411 e. The molecule has 1 fully saturated rings. The third-order valence-electron chi connectivity index (χ3n) is 5.08. The molecule has 8 nitrogen and oxygen atoms in total. The Labute approximate surface area is 176 Å². The fourth-order valence-corrected chi connectivity index (χ4v) is 4.87. The molecule has 9 heteroatoms. The van der Waals surface area contributed by atoms with Crippen LogP contribution in [0.3, 0.4) is 0 Å². The van der Waals surface area contributed by atoms with Gasteiger partial charge in [0.15, 0.2) is 0 Å². The zero-order valence-electron chi connectivity index (χ0n) is 16.9. The van der Waals surface area contributed by atoms with Crippen LogP contribution in [0.25, 0.3) is 0 Å². The topological polar surface area (TPSA) is 105 Å². The SMILES string of the molecule is COC(=O)Nc1ccc(S(=O)(=O)N2CCCC(C(=O)Nc3ccccc3C)C2)cc1. The Bertz CT molecular complexity index is 1020. The zero-order chi connectivity index (χ0) is 21.7. The summed E-state index contributed by atoms with van der Waals surface area (Å²) in [6.07, 6.45) is 0.600. The van der Waals surface area contributed by atoms with E-state index < -0.39 is 22.0 Å². The van der Waals surface area contributed by atoms with Crippen molar-refractivity contribution < 1.29 is 22.7 Å². The number of hydrogen-bond acceptors (Lipinski definition) is 5.